The van der Waals surface area contributed by atoms with Crippen LogP contribution in [0.3, 0.4) is 0 Å². The largest absolute Gasteiger partial charge is 0.382 e. The van der Waals surface area contributed by atoms with Crippen LogP contribution in [0.1, 0.15) is 30.5 Å². The number of rotatable bonds is 1. The summed E-state index contributed by atoms with van der Waals surface area (Å²) in [7, 11) is 0. The van der Waals surface area contributed by atoms with Gasteiger partial charge in [-0.2, -0.15) is 0 Å². The summed E-state index contributed by atoms with van der Waals surface area (Å²) < 4.78 is 0. The molecule has 0 aromatic heterocycles. The first kappa shape index (κ1) is 8.36. The number of hydrogen-bond donors (Lipinski definition) is 1. The minimum absolute atomic E-state index is 0.501. The molecule has 0 saturated heterocycles. The first-order valence-electron chi connectivity index (χ1n) is 4.75. The zero-order valence-electron chi connectivity index (χ0n) is 8.17. The molecule has 1 aliphatic rings. The van der Waals surface area contributed by atoms with Crippen molar-refractivity contribution in [3.05, 3.63) is 47.2 Å². The summed E-state index contributed by atoms with van der Waals surface area (Å²) in [5.41, 5.74) is 4.01. The van der Waals surface area contributed by atoms with Crippen LogP contribution >= 0.6 is 0 Å². The van der Waals surface area contributed by atoms with Crippen LogP contribution in [0, 0.1) is 6.92 Å². The van der Waals surface area contributed by atoms with Crippen molar-refractivity contribution in [2.75, 3.05) is 0 Å². The number of aryl methyl sites for hydroxylation is 1. The number of hydrogen-bond acceptors (Lipinski definition) is 1. The molecule has 68 valence electrons. The van der Waals surface area contributed by atoms with Crippen molar-refractivity contribution in [2.24, 2.45) is 0 Å². The van der Waals surface area contributed by atoms with Crippen molar-refractivity contribution in [2.45, 2.75) is 26.3 Å². The Bertz CT molecular complexity index is 321. The van der Waals surface area contributed by atoms with Gasteiger partial charge >= 0.3 is 0 Å². The van der Waals surface area contributed by atoms with Gasteiger partial charge in [-0.05, 0) is 25.8 Å². The minimum atomic E-state index is 0.501. The molecule has 2 rings (SSSR count). The highest BCUT2D eigenvalue weighted by atomic mass is 14.9. The Labute approximate surface area is 79.5 Å². The maximum atomic E-state index is 3.45. The molecule has 1 aliphatic heterocycles. The minimum Gasteiger partial charge on any atom is -0.382 e. The topological polar surface area (TPSA) is 12.0 Å². The highest BCUT2D eigenvalue weighted by Crippen LogP contribution is 2.24. The summed E-state index contributed by atoms with van der Waals surface area (Å²) in [6, 6.07) is 9.26. The fourth-order valence-corrected chi connectivity index (χ4v) is 1.71. The lowest BCUT2D eigenvalue weighted by Gasteiger charge is -2.12. The van der Waals surface area contributed by atoms with E-state index in [2.05, 4.69) is 49.5 Å². The molecule has 1 aromatic carbocycles. The van der Waals surface area contributed by atoms with E-state index in [9.17, 15) is 0 Å². The number of allylic oxidation sites excluding steroid dienone is 1. The van der Waals surface area contributed by atoms with Crippen LogP contribution in [-0.2, 0) is 0 Å². The van der Waals surface area contributed by atoms with E-state index in [1.54, 1.807) is 0 Å². The first-order valence-corrected chi connectivity index (χ1v) is 4.75. The molecular formula is C12H15N. The smallest absolute Gasteiger partial charge is 0.0545 e. The maximum Gasteiger partial charge on any atom is 0.0545 e. The Morgan fingerprint density at radius 2 is 1.85 bits per heavy atom. The third-order valence-corrected chi connectivity index (χ3v) is 2.54. The third-order valence-electron chi connectivity index (χ3n) is 2.54. The van der Waals surface area contributed by atoms with Crippen LogP contribution in [-0.4, -0.2) is 0 Å². The molecule has 1 atom stereocenters. The molecular weight excluding hydrogens is 158 g/mol. The van der Waals surface area contributed by atoms with Gasteiger partial charge in [0.2, 0.25) is 0 Å². The highest BCUT2D eigenvalue weighted by molar-refractivity contribution is 5.27. The van der Waals surface area contributed by atoms with E-state index in [1.165, 1.54) is 16.8 Å². The molecule has 0 fully saturated rings. The Morgan fingerprint density at radius 3 is 2.38 bits per heavy atom. The zero-order valence-corrected chi connectivity index (χ0v) is 8.17. The van der Waals surface area contributed by atoms with E-state index in [1.807, 2.05) is 0 Å². The van der Waals surface area contributed by atoms with Crippen LogP contribution in [0.4, 0.5) is 0 Å². The van der Waals surface area contributed by atoms with E-state index in [0.29, 0.717) is 6.04 Å². The molecule has 0 radical (unpaired) electrons. The van der Waals surface area contributed by atoms with Crippen molar-refractivity contribution in [1.82, 2.24) is 5.32 Å². The second-order valence-corrected chi connectivity index (χ2v) is 3.73. The Balaban J connectivity index is 2.14. The van der Waals surface area contributed by atoms with Gasteiger partial charge in [0.05, 0.1) is 6.04 Å². The predicted molar refractivity (Wildman–Crippen MR) is 55.4 cm³/mol. The average Bonchev–Trinajstić information content (AvgIpc) is 2.53. The van der Waals surface area contributed by atoms with E-state index in [0.717, 1.165) is 6.42 Å². The van der Waals surface area contributed by atoms with Gasteiger partial charge < -0.3 is 5.32 Å². The summed E-state index contributed by atoms with van der Waals surface area (Å²) in [5, 5.41) is 3.45. The molecule has 1 heterocycles. The molecule has 13 heavy (non-hydrogen) atoms. The molecule has 0 bridgehead atoms. The summed E-state index contributed by atoms with van der Waals surface area (Å²) in [6.07, 6.45) is 3.37. The van der Waals surface area contributed by atoms with E-state index in [4.69, 9.17) is 0 Å². The third kappa shape index (κ3) is 1.74. The van der Waals surface area contributed by atoms with Gasteiger partial charge in [-0.1, -0.05) is 35.9 Å². The molecule has 1 N–H and O–H groups in total. The van der Waals surface area contributed by atoms with Crippen LogP contribution < -0.4 is 5.32 Å². The van der Waals surface area contributed by atoms with E-state index < -0.39 is 0 Å². The fraction of sp³-hybridized carbons (Fsp3) is 0.333. The summed E-state index contributed by atoms with van der Waals surface area (Å²) in [5.74, 6) is 0. The fourth-order valence-electron chi connectivity index (χ4n) is 1.71. The number of benzene rings is 1. The molecule has 0 spiro atoms. The lowest BCUT2D eigenvalue weighted by atomic mass is 10.0. The lowest BCUT2D eigenvalue weighted by Crippen LogP contribution is -2.12. The van der Waals surface area contributed by atoms with Gasteiger partial charge in [-0.3, -0.25) is 0 Å². The first-order chi connectivity index (χ1) is 6.25. The lowest BCUT2D eigenvalue weighted by molar-refractivity contribution is 0.654. The van der Waals surface area contributed by atoms with Crippen molar-refractivity contribution < 1.29 is 0 Å². The van der Waals surface area contributed by atoms with Crippen molar-refractivity contribution in [3.63, 3.8) is 0 Å². The van der Waals surface area contributed by atoms with Gasteiger partial charge in [0, 0.05) is 5.70 Å². The molecule has 1 aromatic rings. The second kappa shape index (κ2) is 3.25. The number of nitrogens with one attached hydrogen (secondary N) is 1. The van der Waals surface area contributed by atoms with Gasteiger partial charge in [0.25, 0.3) is 0 Å². The van der Waals surface area contributed by atoms with Crippen LogP contribution in [0.25, 0.3) is 0 Å². The predicted octanol–water partition coefficient (Wildman–Crippen LogP) is 2.93. The molecule has 1 unspecified atom stereocenters. The Hall–Kier alpha value is -1.24. The highest BCUT2D eigenvalue weighted by Gasteiger charge is 2.14. The second-order valence-electron chi connectivity index (χ2n) is 3.73. The monoisotopic (exact) mass is 173 g/mol. The van der Waals surface area contributed by atoms with Gasteiger partial charge in [0.15, 0.2) is 0 Å². The average molecular weight is 173 g/mol. The summed E-state index contributed by atoms with van der Waals surface area (Å²) in [4.78, 5) is 0. The summed E-state index contributed by atoms with van der Waals surface area (Å²) >= 11 is 0. The molecule has 0 aliphatic carbocycles. The molecule has 0 saturated carbocycles. The molecule has 0 amide bonds. The maximum absolute atomic E-state index is 3.45. The van der Waals surface area contributed by atoms with Crippen molar-refractivity contribution >= 4 is 0 Å². The van der Waals surface area contributed by atoms with Crippen LogP contribution in [0.2, 0.25) is 0 Å². The molecule has 1 heteroatoms. The van der Waals surface area contributed by atoms with Gasteiger partial charge in [-0.25, -0.2) is 0 Å². The van der Waals surface area contributed by atoms with E-state index >= 15 is 0 Å². The Kier molecular flexibility index (Phi) is 2.09. The Morgan fingerprint density at radius 1 is 1.15 bits per heavy atom. The van der Waals surface area contributed by atoms with Crippen molar-refractivity contribution in [1.29, 1.82) is 0 Å². The standard InChI is InChI=1S/C12H15N/c1-9-3-6-11(7-4-9)12-8-5-10(2)13-12/h3-7,12-13H,8H2,1-2H3. The quantitative estimate of drug-likeness (QED) is 0.688. The SMILES string of the molecule is CC1=CCC(c2ccc(C)cc2)N1. The van der Waals surface area contributed by atoms with Gasteiger partial charge in [0.1, 0.15) is 0 Å². The van der Waals surface area contributed by atoms with Crippen LogP contribution in [0.15, 0.2) is 36.0 Å². The van der Waals surface area contributed by atoms with Gasteiger partial charge in [-0.15, -0.1) is 0 Å². The van der Waals surface area contributed by atoms with Crippen LogP contribution in [0.5, 0.6) is 0 Å². The van der Waals surface area contributed by atoms with Crippen molar-refractivity contribution in [3.8, 4) is 0 Å². The molecule has 1 nitrogen and oxygen atoms in total. The normalized spacial score (nSPS) is 21.1. The zero-order chi connectivity index (χ0) is 9.26. The van der Waals surface area contributed by atoms with E-state index in [-0.39, 0.29) is 0 Å². The summed E-state index contributed by atoms with van der Waals surface area (Å²) in [6.45, 7) is 4.24.